The number of esters is 1. The van der Waals surface area contributed by atoms with Crippen molar-refractivity contribution in [2.45, 2.75) is 76.2 Å². The molecule has 1 aliphatic heterocycles. The topological polar surface area (TPSA) is 80.8 Å². The fourth-order valence-corrected chi connectivity index (χ4v) is 7.77. The van der Waals surface area contributed by atoms with Crippen LogP contribution in [0.5, 0.6) is 0 Å². The molecule has 0 aliphatic carbocycles. The number of methoxy groups -OCH3 is 1. The van der Waals surface area contributed by atoms with Crippen molar-refractivity contribution in [3.63, 3.8) is 0 Å². The van der Waals surface area contributed by atoms with E-state index in [0.29, 0.717) is 16.7 Å². The lowest BCUT2D eigenvalue weighted by atomic mass is 9.88. The van der Waals surface area contributed by atoms with E-state index in [1.54, 1.807) is 24.3 Å². The van der Waals surface area contributed by atoms with Crippen LogP contribution in [0.15, 0.2) is 83.4 Å². The summed E-state index contributed by atoms with van der Waals surface area (Å²) < 4.78 is 49.9. The molecule has 8 heteroatoms. The number of carbonyl (C=O) groups excluding carboxylic acids is 2. The summed E-state index contributed by atoms with van der Waals surface area (Å²) in [6.07, 6.45) is 1.50. The predicted molar refractivity (Wildman–Crippen MR) is 162 cm³/mol. The van der Waals surface area contributed by atoms with Gasteiger partial charge in [0.1, 0.15) is 17.6 Å². The maximum atomic E-state index is 15.0. The van der Waals surface area contributed by atoms with Crippen LogP contribution in [0.25, 0.3) is 0 Å². The van der Waals surface area contributed by atoms with Crippen molar-refractivity contribution in [3.8, 4) is 0 Å². The van der Waals surface area contributed by atoms with E-state index in [1.807, 2.05) is 45.9 Å². The Labute approximate surface area is 248 Å². The van der Waals surface area contributed by atoms with Gasteiger partial charge >= 0.3 is 5.97 Å². The van der Waals surface area contributed by atoms with E-state index in [2.05, 4.69) is 13.8 Å². The summed E-state index contributed by atoms with van der Waals surface area (Å²) in [6, 6.07) is 16.4. The Hall–Kier alpha value is -3.78. The van der Waals surface area contributed by atoms with E-state index in [9.17, 15) is 14.0 Å². The third-order valence-electron chi connectivity index (χ3n) is 7.74. The van der Waals surface area contributed by atoms with E-state index < -0.39 is 39.6 Å². The van der Waals surface area contributed by atoms with E-state index in [4.69, 9.17) is 4.74 Å². The molecule has 0 unspecified atom stereocenters. The van der Waals surface area contributed by atoms with Gasteiger partial charge < -0.3 is 4.74 Å². The van der Waals surface area contributed by atoms with Gasteiger partial charge in [0, 0.05) is 11.5 Å². The standard InChI is InChI=1S/C34H38FNO5S/c1-20(2)25-17-27(21(3)4)33(28(18-25)22(5)6)42(39,40)36-30(34(38)41-7)19-29(23-11-9-8-10-12-23)31(36)32(37)24-13-15-26(35)16-14-24/h8-22,29,31H,1-7H3/t29-,31+/m0/s1. The summed E-state index contributed by atoms with van der Waals surface area (Å²) in [4.78, 5) is 27.6. The number of nitrogens with zero attached hydrogens (tertiary/aromatic N) is 1. The zero-order chi connectivity index (χ0) is 30.9. The quantitative estimate of drug-likeness (QED) is 0.193. The van der Waals surface area contributed by atoms with Gasteiger partial charge in [0.05, 0.1) is 12.0 Å². The molecule has 3 aromatic carbocycles. The van der Waals surface area contributed by atoms with Gasteiger partial charge in [-0.15, -0.1) is 0 Å². The average molecular weight is 592 g/mol. The van der Waals surface area contributed by atoms with E-state index >= 15 is 8.42 Å². The first-order chi connectivity index (χ1) is 19.8. The monoisotopic (exact) mass is 591 g/mol. The number of benzene rings is 3. The second-order valence-electron chi connectivity index (χ2n) is 11.6. The molecule has 3 aromatic rings. The molecule has 0 amide bonds. The molecule has 0 saturated heterocycles. The zero-order valence-electron chi connectivity index (χ0n) is 25.1. The summed E-state index contributed by atoms with van der Waals surface area (Å²) in [5, 5.41) is 0. The average Bonchev–Trinajstić information content (AvgIpc) is 3.38. The Morgan fingerprint density at radius 2 is 1.38 bits per heavy atom. The van der Waals surface area contributed by atoms with Crippen LogP contribution in [0.2, 0.25) is 0 Å². The van der Waals surface area contributed by atoms with E-state index in [-0.39, 0.29) is 33.9 Å². The summed E-state index contributed by atoms with van der Waals surface area (Å²) in [5.41, 5.74) is 2.79. The Bertz CT molecular complexity index is 1580. The lowest BCUT2D eigenvalue weighted by Crippen LogP contribution is -2.45. The lowest BCUT2D eigenvalue weighted by Gasteiger charge is -2.33. The first-order valence-electron chi connectivity index (χ1n) is 14.2. The minimum Gasteiger partial charge on any atom is -0.464 e. The van der Waals surface area contributed by atoms with E-state index in [0.717, 1.165) is 22.0 Å². The van der Waals surface area contributed by atoms with Crippen molar-refractivity contribution < 1.29 is 27.1 Å². The van der Waals surface area contributed by atoms with Crippen molar-refractivity contribution in [2.24, 2.45) is 0 Å². The van der Waals surface area contributed by atoms with Gasteiger partial charge in [-0.25, -0.2) is 21.9 Å². The van der Waals surface area contributed by atoms with Gasteiger partial charge in [0.2, 0.25) is 0 Å². The third kappa shape index (κ3) is 5.77. The zero-order valence-corrected chi connectivity index (χ0v) is 25.9. The number of hydrogen-bond donors (Lipinski definition) is 0. The number of halogens is 1. The molecular formula is C34H38FNO5S. The molecule has 42 heavy (non-hydrogen) atoms. The molecule has 222 valence electrons. The molecule has 4 rings (SSSR count). The first-order valence-corrected chi connectivity index (χ1v) is 15.6. The van der Waals surface area contributed by atoms with Crippen LogP contribution in [0, 0.1) is 5.82 Å². The number of Topliss-reactive ketones (excluding diaryl/α,β-unsaturated/α-hetero) is 1. The number of sulfonamides is 1. The normalized spacial score (nSPS) is 17.2. The highest BCUT2D eigenvalue weighted by molar-refractivity contribution is 7.89. The van der Waals surface area contributed by atoms with Crippen molar-refractivity contribution in [2.75, 3.05) is 7.11 Å². The van der Waals surface area contributed by atoms with Crippen LogP contribution in [0.3, 0.4) is 0 Å². The number of hydrogen-bond acceptors (Lipinski definition) is 5. The Morgan fingerprint density at radius 3 is 1.86 bits per heavy atom. The van der Waals surface area contributed by atoms with Gasteiger partial charge in [0.15, 0.2) is 5.78 Å². The molecule has 2 atom stereocenters. The van der Waals surface area contributed by atoms with Crippen LogP contribution in [0.4, 0.5) is 4.39 Å². The van der Waals surface area contributed by atoms with Crippen molar-refractivity contribution in [1.29, 1.82) is 0 Å². The van der Waals surface area contributed by atoms with Gasteiger partial charge in [-0.3, -0.25) is 4.79 Å². The second-order valence-corrected chi connectivity index (χ2v) is 13.3. The summed E-state index contributed by atoms with van der Waals surface area (Å²) >= 11 is 0. The van der Waals surface area contributed by atoms with Crippen LogP contribution >= 0.6 is 0 Å². The van der Waals surface area contributed by atoms with Crippen molar-refractivity contribution in [3.05, 3.63) is 112 Å². The number of rotatable bonds is 9. The number of ether oxygens (including phenoxy) is 1. The summed E-state index contributed by atoms with van der Waals surface area (Å²) in [5.74, 6) is -2.94. The van der Waals surface area contributed by atoms with Gasteiger partial charge in [0.25, 0.3) is 10.0 Å². The predicted octanol–water partition coefficient (Wildman–Crippen LogP) is 7.29. The molecule has 0 N–H and O–H groups in total. The molecule has 0 aromatic heterocycles. The van der Waals surface area contributed by atoms with Crippen LogP contribution in [-0.4, -0.2) is 37.6 Å². The Morgan fingerprint density at radius 1 is 0.833 bits per heavy atom. The molecule has 0 fully saturated rings. The van der Waals surface area contributed by atoms with Crippen LogP contribution < -0.4 is 0 Å². The minimum atomic E-state index is -4.52. The Balaban J connectivity index is 2.05. The van der Waals surface area contributed by atoms with E-state index in [1.165, 1.54) is 25.3 Å². The molecule has 0 saturated carbocycles. The second kappa shape index (κ2) is 12.2. The van der Waals surface area contributed by atoms with Gasteiger partial charge in [-0.05, 0) is 70.3 Å². The van der Waals surface area contributed by atoms with Gasteiger partial charge in [-0.2, -0.15) is 0 Å². The van der Waals surface area contributed by atoms with Gasteiger partial charge in [-0.1, -0.05) is 84.0 Å². The largest absolute Gasteiger partial charge is 0.464 e. The number of ketones is 1. The van der Waals surface area contributed by atoms with Crippen molar-refractivity contribution >= 4 is 21.8 Å². The highest BCUT2D eigenvalue weighted by Gasteiger charge is 2.50. The molecule has 0 radical (unpaired) electrons. The third-order valence-corrected chi connectivity index (χ3v) is 9.67. The number of carbonyl (C=O) groups is 2. The summed E-state index contributed by atoms with van der Waals surface area (Å²) in [6.45, 7) is 11.8. The minimum absolute atomic E-state index is 0.0947. The molecular weight excluding hydrogens is 553 g/mol. The summed E-state index contributed by atoms with van der Waals surface area (Å²) in [7, 11) is -3.34. The highest BCUT2D eigenvalue weighted by atomic mass is 32.2. The fraction of sp³-hybridized carbons (Fsp3) is 0.353. The Kier molecular flexibility index (Phi) is 9.06. The lowest BCUT2D eigenvalue weighted by molar-refractivity contribution is -0.137. The maximum absolute atomic E-state index is 15.0. The molecule has 0 bridgehead atoms. The maximum Gasteiger partial charge on any atom is 0.355 e. The van der Waals surface area contributed by atoms with Crippen molar-refractivity contribution in [1.82, 2.24) is 4.31 Å². The molecule has 1 aliphatic rings. The van der Waals surface area contributed by atoms with Crippen LogP contribution in [0.1, 0.15) is 97.8 Å². The molecule has 1 heterocycles. The van der Waals surface area contributed by atoms with Crippen LogP contribution in [-0.2, 0) is 19.6 Å². The molecule has 0 spiro atoms. The fourth-order valence-electron chi connectivity index (χ4n) is 5.47. The highest BCUT2D eigenvalue weighted by Crippen LogP contribution is 2.44. The SMILES string of the molecule is COC(=O)C1=C[C@@H](c2ccccc2)[C@H](C(=O)c2ccc(F)cc2)N1S(=O)(=O)c1c(C(C)C)cc(C(C)C)cc1C(C)C. The first kappa shape index (κ1) is 31.2. The smallest absolute Gasteiger partial charge is 0.355 e. The molecule has 6 nitrogen and oxygen atoms in total.